The molecule has 5 nitrogen and oxygen atoms in total. The summed E-state index contributed by atoms with van der Waals surface area (Å²) in [6, 6.07) is 0. The van der Waals surface area contributed by atoms with Crippen molar-refractivity contribution in [3.05, 3.63) is 24.3 Å². The summed E-state index contributed by atoms with van der Waals surface area (Å²) in [6.07, 6.45) is 23.5. The van der Waals surface area contributed by atoms with Gasteiger partial charge < -0.3 is 20.3 Å². The second-order valence-corrected chi connectivity index (χ2v) is 7.46. The Morgan fingerprint density at radius 1 is 0.828 bits per heavy atom. The summed E-state index contributed by atoms with van der Waals surface area (Å²) in [5, 5.41) is 21.7. The minimum absolute atomic E-state index is 0. The molecule has 2 N–H and O–H groups in total. The first-order valence-corrected chi connectivity index (χ1v) is 11.0. The first-order chi connectivity index (χ1) is 13.5. The van der Waals surface area contributed by atoms with Gasteiger partial charge in [0.1, 0.15) is 0 Å². The Bertz CT molecular complexity index is 450. The smallest absolute Gasteiger partial charge is 0.548 e. The SMILES string of the molecule is CC(O)CCCC/C=C\CCCCCCC/C=C\CCCC(=O)NCC(=O)[O-].[Na+]. The summed E-state index contributed by atoms with van der Waals surface area (Å²) in [4.78, 5) is 21.5. The largest absolute Gasteiger partial charge is 1.00 e. The fourth-order valence-corrected chi connectivity index (χ4v) is 2.87. The van der Waals surface area contributed by atoms with Gasteiger partial charge in [0.05, 0.1) is 18.6 Å². The van der Waals surface area contributed by atoms with Crippen molar-refractivity contribution < 1.29 is 49.4 Å². The number of hydrogen-bond donors (Lipinski definition) is 2. The number of carbonyl (C=O) groups is 2. The van der Waals surface area contributed by atoms with Crippen molar-refractivity contribution in [1.82, 2.24) is 5.32 Å². The molecule has 0 fully saturated rings. The second kappa shape index (κ2) is 23.7. The van der Waals surface area contributed by atoms with Crippen molar-refractivity contribution in [2.45, 2.75) is 103 Å². The van der Waals surface area contributed by atoms with E-state index in [1.54, 1.807) is 0 Å². The first kappa shape index (κ1) is 30.6. The minimum Gasteiger partial charge on any atom is -0.548 e. The Morgan fingerprint density at radius 3 is 1.76 bits per heavy atom. The molecule has 0 aliphatic carbocycles. The van der Waals surface area contributed by atoms with Crippen molar-refractivity contribution in [2.24, 2.45) is 0 Å². The van der Waals surface area contributed by atoms with Crippen molar-refractivity contribution in [1.29, 1.82) is 0 Å². The van der Waals surface area contributed by atoms with Crippen molar-refractivity contribution in [2.75, 3.05) is 6.54 Å². The molecule has 0 rings (SSSR count). The van der Waals surface area contributed by atoms with Crippen molar-refractivity contribution in [3.63, 3.8) is 0 Å². The summed E-state index contributed by atoms with van der Waals surface area (Å²) in [5.41, 5.74) is 0. The van der Waals surface area contributed by atoms with Crippen LogP contribution >= 0.6 is 0 Å². The summed E-state index contributed by atoms with van der Waals surface area (Å²) in [5.74, 6) is -1.49. The van der Waals surface area contributed by atoms with Gasteiger partial charge in [-0.2, -0.15) is 0 Å². The summed E-state index contributed by atoms with van der Waals surface area (Å²) in [6.45, 7) is 1.44. The maximum Gasteiger partial charge on any atom is 1.00 e. The van der Waals surface area contributed by atoms with Crippen LogP contribution in [0, 0.1) is 0 Å². The predicted octanol–water partition coefficient (Wildman–Crippen LogP) is 0.811. The van der Waals surface area contributed by atoms with Crippen molar-refractivity contribution in [3.8, 4) is 0 Å². The third kappa shape index (κ3) is 27.4. The molecular weight excluding hydrogens is 377 g/mol. The number of aliphatic hydroxyl groups excluding tert-OH is 1. The van der Waals surface area contributed by atoms with Crippen LogP contribution in [0.5, 0.6) is 0 Å². The van der Waals surface area contributed by atoms with Crippen LogP contribution in [0.4, 0.5) is 0 Å². The van der Waals surface area contributed by atoms with Gasteiger partial charge in [0.2, 0.25) is 5.91 Å². The third-order valence-corrected chi connectivity index (χ3v) is 4.52. The number of nitrogens with one attached hydrogen (secondary N) is 1. The number of aliphatic carboxylic acids is 1. The van der Waals surface area contributed by atoms with E-state index in [1.807, 2.05) is 6.92 Å². The maximum atomic E-state index is 11.3. The molecule has 0 aliphatic rings. The van der Waals surface area contributed by atoms with E-state index in [4.69, 9.17) is 0 Å². The average molecular weight is 418 g/mol. The van der Waals surface area contributed by atoms with E-state index in [-0.39, 0.29) is 41.6 Å². The fourth-order valence-electron chi connectivity index (χ4n) is 2.87. The number of rotatable bonds is 19. The van der Waals surface area contributed by atoms with E-state index in [9.17, 15) is 19.8 Å². The molecule has 0 aromatic rings. The molecule has 0 aromatic carbocycles. The Balaban J connectivity index is 0. The summed E-state index contributed by atoms with van der Waals surface area (Å²) < 4.78 is 0. The monoisotopic (exact) mass is 417 g/mol. The summed E-state index contributed by atoms with van der Waals surface area (Å²) >= 11 is 0. The molecule has 0 radical (unpaired) electrons. The van der Waals surface area contributed by atoms with Crippen molar-refractivity contribution >= 4 is 11.9 Å². The molecular formula is C23H40NNaO4. The van der Waals surface area contributed by atoms with Crippen LogP contribution in [0.3, 0.4) is 0 Å². The Hall–Kier alpha value is -0.620. The van der Waals surface area contributed by atoms with Gasteiger partial charge in [-0.15, -0.1) is 0 Å². The van der Waals surface area contributed by atoms with Gasteiger partial charge in [-0.05, 0) is 64.7 Å². The number of hydrogen-bond acceptors (Lipinski definition) is 4. The zero-order chi connectivity index (χ0) is 20.9. The van der Waals surface area contributed by atoms with Gasteiger partial charge in [-0.25, -0.2) is 0 Å². The van der Waals surface area contributed by atoms with Gasteiger partial charge in [-0.1, -0.05) is 50.0 Å². The van der Waals surface area contributed by atoms with E-state index in [0.29, 0.717) is 6.42 Å². The Labute approximate surface area is 199 Å². The molecule has 1 atom stereocenters. The number of amides is 1. The van der Waals surface area contributed by atoms with E-state index >= 15 is 0 Å². The van der Waals surface area contributed by atoms with E-state index in [0.717, 1.165) is 38.5 Å². The zero-order valence-electron chi connectivity index (χ0n) is 18.7. The number of carboxylic acids is 1. The number of unbranched alkanes of at least 4 members (excludes halogenated alkanes) is 9. The number of carboxylic acid groups (broad SMARTS) is 1. The summed E-state index contributed by atoms with van der Waals surface area (Å²) in [7, 11) is 0. The average Bonchev–Trinajstić information content (AvgIpc) is 2.65. The van der Waals surface area contributed by atoms with Crippen LogP contribution in [0.25, 0.3) is 0 Å². The van der Waals surface area contributed by atoms with Crippen LogP contribution in [-0.2, 0) is 9.59 Å². The molecule has 6 heteroatoms. The Morgan fingerprint density at radius 2 is 1.28 bits per heavy atom. The van der Waals surface area contributed by atoms with Gasteiger partial charge in [0.15, 0.2) is 0 Å². The molecule has 1 unspecified atom stereocenters. The molecule has 162 valence electrons. The molecule has 0 aliphatic heterocycles. The van der Waals surface area contributed by atoms with E-state index < -0.39 is 12.5 Å². The van der Waals surface area contributed by atoms with Crippen LogP contribution in [0.1, 0.15) is 96.8 Å². The molecule has 0 heterocycles. The van der Waals surface area contributed by atoms with Crippen LogP contribution < -0.4 is 40.0 Å². The zero-order valence-corrected chi connectivity index (χ0v) is 20.7. The molecule has 0 spiro atoms. The second-order valence-electron chi connectivity index (χ2n) is 7.46. The first-order valence-electron chi connectivity index (χ1n) is 11.0. The Kier molecular flexibility index (Phi) is 24.9. The minimum atomic E-state index is -1.26. The predicted molar refractivity (Wildman–Crippen MR) is 113 cm³/mol. The quantitative estimate of drug-likeness (QED) is 0.185. The molecule has 29 heavy (non-hydrogen) atoms. The normalized spacial score (nSPS) is 12.2. The van der Waals surface area contributed by atoms with Crippen LogP contribution in [0.2, 0.25) is 0 Å². The fraction of sp³-hybridized carbons (Fsp3) is 0.739. The van der Waals surface area contributed by atoms with Crippen LogP contribution in [-0.4, -0.2) is 29.6 Å². The molecule has 0 aromatic heterocycles. The third-order valence-electron chi connectivity index (χ3n) is 4.52. The number of aliphatic hydroxyl groups is 1. The van der Waals surface area contributed by atoms with Gasteiger partial charge in [0, 0.05) is 6.42 Å². The topological polar surface area (TPSA) is 89.5 Å². The maximum absolute atomic E-state index is 11.3. The van der Waals surface area contributed by atoms with E-state index in [2.05, 4.69) is 29.6 Å². The van der Waals surface area contributed by atoms with E-state index in [1.165, 1.54) is 44.9 Å². The molecule has 0 bridgehead atoms. The molecule has 0 saturated heterocycles. The van der Waals surface area contributed by atoms with Gasteiger partial charge >= 0.3 is 29.6 Å². The number of carbonyl (C=O) groups excluding carboxylic acids is 2. The van der Waals surface area contributed by atoms with Gasteiger partial charge in [-0.3, -0.25) is 4.79 Å². The number of allylic oxidation sites excluding steroid dienone is 4. The molecule has 1 amide bonds. The standard InChI is InChI=1S/C23H41NO4.Na/c1-21(25)18-16-14-12-10-8-6-4-2-3-5-7-9-11-13-15-17-19-22(26)24-20-23(27)28;/h8,10-11,13,21,25H,2-7,9,12,14-20H2,1H3,(H,24,26)(H,27,28);/q;+1/p-1/b10-8-,13-11-;. The van der Waals surface area contributed by atoms with Crippen LogP contribution in [0.15, 0.2) is 24.3 Å². The molecule has 0 saturated carbocycles. The van der Waals surface area contributed by atoms with Gasteiger partial charge in [0.25, 0.3) is 0 Å².